The fourth-order valence-corrected chi connectivity index (χ4v) is 2.99. The van der Waals surface area contributed by atoms with Crippen LogP contribution >= 0.6 is 0 Å². The minimum absolute atomic E-state index is 0.0859. The van der Waals surface area contributed by atoms with Crippen molar-refractivity contribution < 1.29 is 8.95 Å². The van der Waals surface area contributed by atoms with Crippen molar-refractivity contribution in [3.63, 3.8) is 0 Å². The fraction of sp³-hybridized carbons (Fsp3) is 1.00. The molecule has 1 aliphatic heterocycles. The van der Waals surface area contributed by atoms with Crippen molar-refractivity contribution in [3.8, 4) is 0 Å². The normalized spacial score (nSPS) is 28.3. The van der Waals surface area contributed by atoms with E-state index in [0.717, 1.165) is 25.9 Å². The van der Waals surface area contributed by atoms with E-state index in [1.807, 2.05) is 6.92 Å². The van der Waals surface area contributed by atoms with E-state index in [9.17, 15) is 4.21 Å². The first kappa shape index (κ1) is 11.1. The minimum atomic E-state index is -0.786. The fourth-order valence-electron chi connectivity index (χ4n) is 1.38. The summed E-state index contributed by atoms with van der Waals surface area (Å²) < 4.78 is 17.0. The quantitative estimate of drug-likeness (QED) is 0.733. The third-order valence-corrected chi connectivity index (χ3v) is 4.27. The van der Waals surface area contributed by atoms with Crippen molar-refractivity contribution in [1.82, 2.24) is 0 Å². The average Bonchev–Trinajstić information content (AvgIpc) is 2.19. The van der Waals surface area contributed by atoms with E-state index in [1.54, 1.807) is 0 Å². The van der Waals surface area contributed by atoms with Crippen LogP contribution in [-0.4, -0.2) is 34.5 Å². The molecule has 0 aliphatic carbocycles. The first-order valence-electron chi connectivity index (χ1n) is 4.94. The van der Waals surface area contributed by atoms with Crippen molar-refractivity contribution in [2.45, 2.75) is 37.5 Å². The second kappa shape index (κ2) is 5.73. The van der Waals surface area contributed by atoms with Gasteiger partial charge in [-0.15, -0.1) is 0 Å². The smallest absolute Gasteiger partial charge is 0.0609 e. The number of nitrogens with two attached hydrogens (primary N) is 1. The minimum Gasteiger partial charge on any atom is -0.380 e. The lowest BCUT2D eigenvalue weighted by molar-refractivity contribution is 0.100. The Labute approximate surface area is 82.5 Å². The summed E-state index contributed by atoms with van der Waals surface area (Å²) >= 11 is 0. The molecule has 78 valence electrons. The van der Waals surface area contributed by atoms with Crippen molar-refractivity contribution in [2.24, 2.45) is 5.73 Å². The molecule has 0 aromatic rings. The van der Waals surface area contributed by atoms with Crippen molar-refractivity contribution in [1.29, 1.82) is 0 Å². The highest BCUT2D eigenvalue weighted by atomic mass is 32.2. The van der Waals surface area contributed by atoms with Gasteiger partial charge in [0.1, 0.15) is 0 Å². The number of hydrogen-bond acceptors (Lipinski definition) is 3. The Morgan fingerprint density at radius 3 is 3.00 bits per heavy atom. The Morgan fingerprint density at radius 1 is 1.69 bits per heavy atom. The van der Waals surface area contributed by atoms with Gasteiger partial charge in [0.2, 0.25) is 0 Å². The van der Waals surface area contributed by atoms with Gasteiger partial charge in [-0.05, 0) is 19.3 Å². The van der Waals surface area contributed by atoms with Crippen LogP contribution in [0.5, 0.6) is 0 Å². The zero-order chi connectivity index (χ0) is 9.68. The molecule has 4 heteroatoms. The zero-order valence-corrected chi connectivity index (χ0v) is 9.02. The van der Waals surface area contributed by atoms with Gasteiger partial charge in [0, 0.05) is 29.2 Å². The van der Waals surface area contributed by atoms with Crippen LogP contribution in [0.1, 0.15) is 26.2 Å². The number of rotatable bonds is 4. The van der Waals surface area contributed by atoms with Crippen LogP contribution in [-0.2, 0) is 15.5 Å². The van der Waals surface area contributed by atoms with Gasteiger partial charge in [0.25, 0.3) is 0 Å². The molecule has 0 spiro atoms. The van der Waals surface area contributed by atoms with E-state index in [4.69, 9.17) is 10.5 Å². The molecular formula is C9H19NO2S. The maximum atomic E-state index is 11.7. The summed E-state index contributed by atoms with van der Waals surface area (Å²) in [6.07, 6.45) is 2.97. The van der Waals surface area contributed by atoms with Gasteiger partial charge in [-0.3, -0.25) is 4.21 Å². The molecule has 1 fully saturated rings. The van der Waals surface area contributed by atoms with Gasteiger partial charge < -0.3 is 10.5 Å². The van der Waals surface area contributed by atoms with Crippen molar-refractivity contribution in [2.75, 3.05) is 19.0 Å². The third kappa shape index (κ3) is 3.75. The molecule has 0 radical (unpaired) electrons. The second-order valence-corrected chi connectivity index (χ2v) is 5.32. The van der Waals surface area contributed by atoms with E-state index in [1.165, 1.54) is 0 Å². The molecule has 3 nitrogen and oxygen atoms in total. The summed E-state index contributed by atoms with van der Waals surface area (Å²) in [5.41, 5.74) is 5.75. The predicted molar refractivity (Wildman–Crippen MR) is 55.1 cm³/mol. The molecular weight excluding hydrogens is 186 g/mol. The van der Waals surface area contributed by atoms with E-state index < -0.39 is 10.8 Å². The summed E-state index contributed by atoms with van der Waals surface area (Å²) in [5, 5.41) is 0.228. The maximum absolute atomic E-state index is 11.7. The molecule has 1 aliphatic rings. The zero-order valence-electron chi connectivity index (χ0n) is 8.20. The van der Waals surface area contributed by atoms with Crippen LogP contribution in [0.15, 0.2) is 0 Å². The van der Waals surface area contributed by atoms with Gasteiger partial charge in [-0.25, -0.2) is 0 Å². The second-order valence-electron chi connectivity index (χ2n) is 3.55. The van der Waals surface area contributed by atoms with Gasteiger partial charge in [-0.1, -0.05) is 6.92 Å². The molecule has 0 bridgehead atoms. The standard InChI is InChI=1S/C9H19NO2S/c1-2-8(10)7-13(11)9-4-3-5-12-6-9/h8-9H,2-7,10H2,1H3. The highest BCUT2D eigenvalue weighted by Gasteiger charge is 2.21. The highest BCUT2D eigenvalue weighted by molar-refractivity contribution is 7.85. The van der Waals surface area contributed by atoms with E-state index in [2.05, 4.69) is 0 Å². The summed E-state index contributed by atoms with van der Waals surface area (Å²) in [6, 6.07) is 0.0859. The maximum Gasteiger partial charge on any atom is 0.0609 e. The molecule has 1 saturated heterocycles. The van der Waals surface area contributed by atoms with Crippen LogP contribution < -0.4 is 5.73 Å². The summed E-state index contributed by atoms with van der Waals surface area (Å²) in [6.45, 7) is 3.51. The number of ether oxygens (including phenoxy) is 1. The summed E-state index contributed by atoms with van der Waals surface area (Å²) in [4.78, 5) is 0. The summed E-state index contributed by atoms with van der Waals surface area (Å²) in [5.74, 6) is 0.629. The van der Waals surface area contributed by atoms with Crippen LogP contribution in [0.25, 0.3) is 0 Å². The third-order valence-electron chi connectivity index (χ3n) is 2.39. The molecule has 13 heavy (non-hydrogen) atoms. The molecule has 3 unspecified atom stereocenters. The van der Waals surface area contributed by atoms with Gasteiger partial charge >= 0.3 is 0 Å². The highest BCUT2D eigenvalue weighted by Crippen LogP contribution is 2.13. The van der Waals surface area contributed by atoms with Crippen LogP contribution in [0.4, 0.5) is 0 Å². The van der Waals surface area contributed by atoms with Crippen molar-refractivity contribution in [3.05, 3.63) is 0 Å². The largest absolute Gasteiger partial charge is 0.380 e. The van der Waals surface area contributed by atoms with Crippen LogP contribution in [0.3, 0.4) is 0 Å². The van der Waals surface area contributed by atoms with Gasteiger partial charge in [0.05, 0.1) is 11.9 Å². The van der Waals surface area contributed by atoms with Crippen LogP contribution in [0.2, 0.25) is 0 Å². The Balaban J connectivity index is 2.29. The molecule has 0 aromatic heterocycles. The molecule has 2 N–H and O–H groups in total. The average molecular weight is 205 g/mol. The van der Waals surface area contributed by atoms with E-state index in [0.29, 0.717) is 12.4 Å². The van der Waals surface area contributed by atoms with Gasteiger partial charge in [-0.2, -0.15) is 0 Å². The molecule has 1 rings (SSSR count). The first-order valence-corrected chi connectivity index (χ1v) is 6.32. The predicted octanol–water partition coefficient (Wildman–Crippen LogP) is 0.651. The molecule has 3 atom stereocenters. The lowest BCUT2D eigenvalue weighted by atomic mass is 10.2. The van der Waals surface area contributed by atoms with Gasteiger partial charge in [0.15, 0.2) is 0 Å². The lowest BCUT2D eigenvalue weighted by Crippen LogP contribution is -2.34. The monoisotopic (exact) mass is 205 g/mol. The molecule has 0 aromatic carbocycles. The van der Waals surface area contributed by atoms with Crippen LogP contribution in [0, 0.1) is 0 Å². The Bertz CT molecular complexity index is 169. The topological polar surface area (TPSA) is 52.3 Å². The van der Waals surface area contributed by atoms with E-state index >= 15 is 0 Å². The Morgan fingerprint density at radius 2 is 2.46 bits per heavy atom. The SMILES string of the molecule is CCC(N)CS(=O)C1CCCOC1. The van der Waals surface area contributed by atoms with E-state index in [-0.39, 0.29) is 11.3 Å². The summed E-state index contributed by atoms with van der Waals surface area (Å²) in [7, 11) is -0.786. The lowest BCUT2D eigenvalue weighted by Gasteiger charge is -2.22. The first-order chi connectivity index (χ1) is 6.24. The Kier molecular flexibility index (Phi) is 4.91. The van der Waals surface area contributed by atoms with Crippen molar-refractivity contribution >= 4 is 10.8 Å². The molecule has 0 saturated carbocycles. The molecule has 0 amide bonds. The Hall–Kier alpha value is 0.0700. The molecule has 1 heterocycles. The number of hydrogen-bond donors (Lipinski definition) is 1.